The molecule has 6 rings (SSSR count). The zero-order valence-corrected chi connectivity index (χ0v) is 27.0. The smallest absolute Gasteiger partial charge is 0.257 e. The van der Waals surface area contributed by atoms with E-state index >= 15 is 0 Å². The van der Waals surface area contributed by atoms with Crippen molar-refractivity contribution in [3.8, 4) is 5.75 Å². The number of fused-ring (bicyclic) bond motifs is 1. The number of amides is 2. The molecule has 10 heteroatoms. The predicted molar refractivity (Wildman–Crippen MR) is 177 cm³/mol. The molecule has 46 heavy (non-hydrogen) atoms. The summed E-state index contributed by atoms with van der Waals surface area (Å²) in [4.78, 5) is 45.0. The number of para-hydroxylation sites is 1. The molecular formula is C36H46N6O4. The van der Waals surface area contributed by atoms with Crippen LogP contribution in [-0.2, 0) is 16.1 Å². The van der Waals surface area contributed by atoms with Crippen LogP contribution in [0, 0.1) is 12.3 Å². The van der Waals surface area contributed by atoms with Gasteiger partial charge in [-0.05, 0) is 56.4 Å². The summed E-state index contributed by atoms with van der Waals surface area (Å²) in [5.74, 6) is 2.38. The van der Waals surface area contributed by atoms with Crippen molar-refractivity contribution in [2.24, 2.45) is 5.41 Å². The van der Waals surface area contributed by atoms with E-state index in [0.29, 0.717) is 70.4 Å². The van der Waals surface area contributed by atoms with Crippen LogP contribution in [0.15, 0.2) is 66.9 Å². The molecule has 0 unspecified atom stereocenters. The molecule has 2 aromatic carbocycles. The molecule has 3 aliphatic heterocycles. The first kappa shape index (κ1) is 31.9. The van der Waals surface area contributed by atoms with Gasteiger partial charge < -0.3 is 24.2 Å². The van der Waals surface area contributed by atoms with Gasteiger partial charge in [-0.2, -0.15) is 0 Å². The topological polar surface area (TPSA) is 91.3 Å². The Kier molecular flexibility index (Phi) is 10.4. The fourth-order valence-corrected chi connectivity index (χ4v) is 6.82. The molecule has 1 spiro atoms. The van der Waals surface area contributed by atoms with Gasteiger partial charge in [0.1, 0.15) is 17.4 Å². The fraction of sp³-hybridized carbons (Fsp3) is 0.500. The molecule has 0 saturated carbocycles. The summed E-state index contributed by atoms with van der Waals surface area (Å²) in [6.07, 6.45) is 5.45. The number of piperidine rings is 1. The minimum Gasteiger partial charge on any atom is -0.492 e. The van der Waals surface area contributed by atoms with Gasteiger partial charge in [0, 0.05) is 64.0 Å². The zero-order chi connectivity index (χ0) is 31.8. The van der Waals surface area contributed by atoms with E-state index in [1.54, 1.807) is 6.20 Å². The number of ether oxygens (including phenoxy) is 2. The Morgan fingerprint density at radius 1 is 0.870 bits per heavy atom. The molecule has 4 heterocycles. The average molecular weight is 627 g/mol. The van der Waals surface area contributed by atoms with Crippen LogP contribution in [-0.4, -0.2) is 109 Å². The molecule has 2 amide bonds. The first-order valence-corrected chi connectivity index (χ1v) is 16.7. The lowest BCUT2D eigenvalue weighted by molar-refractivity contribution is -0.136. The molecular weight excluding hydrogens is 580 g/mol. The number of carbonyl (C=O) groups excluding carboxylic acids is 2. The highest BCUT2D eigenvalue weighted by atomic mass is 16.5. The Hall–Kier alpha value is -4.02. The first-order chi connectivity index (χ1) is 22.5. The van der Waals surface area contributed by atoms with Gasteiger partial charge in [0.2, 0.25) is 5.91 Å². The van der Waals surface area contributed by atoms with Gasteiger partial charge in [-0.1, -0.05) is 42.5 Å². The van der Waals surface area contributed by atoms with Crippen molar-refractivity contribution >= 4 is 17.6 Å². The van der Waals surface area contributed by atoms with E-state index in [2.05, 4.69) is 26.9 Å². The number of nitrogens with zero attached hydrogens (tertiary/aromatic N) is 6. The van der Waals surface area contributed by atoms with E-state index in [9.17, 15) is 9.59 Å². The molecule has 3 aromatic rings. The molecule has 10 nitrogen and oxygen atoms in total. The second-order valence-electron chi connectivity index (χ2n) is 12.8. The number of benzene rings is 2. The van der Waals surface area contributed by atoms with E-state index in [4.69, 9.17) is 14.5 Å². The van der Waals surface area contributed by atoms with E-state index < -0.39 is 0 Å². The van der Waals surface area contributed by atoms with Gasteiger partial charge in [0.25, 0.3) is 5.91 Å². The van der Waals surface area contributed by atoms with Crippen LogP contribution in [0.25, 0.3) is 0 Å². The fourth-order valence-electron chi connectivity index (χ4n) is 6.82. The van der Waals surface area contributed by atoms with Crippen molar-refractivity contribution in [1.29, 1.82) is 0 Å². The third-order valence-electron chi connectivity index (χ3n) is 9.65. The van der Waals surface area contributed by atoms with Crippen LogP contribution < -0.4 is 9.64 Å². The Labute approximate surface area is 272 Å². The summed E-state index contributed by atoms with van der Waals surface area (Å²) < 4.78 is 12.1. The number of aryl methyl sites for hydroxylation is 1. The van der Waals surface area contributed by atoms with Crippen molar-refractivity contribution in [2.45, 2.75) is 39.2 Å². The highest BCUT2D eigenvalue weighted by molar-refractivity contribution is 5.97. The maximum atomic E-state index is 14.2. The number of rotatable bonds is 5. The van der Waals surface area contributed by atoms with Crippen LogP contribution in [0.2, 0.25) is 0 Å². The van der Waals surface area contributed by atoms with Gasteiger partial charge in [-0.15, -0.1) is 0 Å². The number of anilines is 1. The van der Waals surface area contributed by atoms with Crippen molar-refractivity contribution in [3.63, 3.8) is 0 Å². The second kappa shape index (κ2) is 15.0. The molecule has 1 aromatic heterocycles. The minimum absolute atomic E-state index is 0.0462. The van der Waals surface area contributed by atoms with Gasteiger partial charge in [-0.25, -0.2) is 9.97 Å². The molecule has 0 bridgehead atoms. The Morgan fingerprint density at radius 3 is 2.41 bits per heavy atom. The third kappa shape index (κ3) is 8.03. The summed E-state index contributed by atoms with van der Waals surface area (Å²) >= 11 is 0. The number of morpholine rings is 1. The third-order valence-corrected chi connectivity index (χ3v) is 9.65. The summed E-state index contributed by atoms with van der Waals surface area (Å²) in [6, 6.07) is 19.7. The number of likely N-dealkylation sites (tertiary alicyclic amines) is 1. The molecule has 0 N–H and O–H groups in total. The SMILES string of the molecule is Cc1nccc(N2CCCC3(CCN(C(=O)CN4CCOCC4)CC3)COc3ccccc3C(=O)N(Cc3ccccc3)CC2)n1. The lowest BCUT2D eigenvalue weighted by Crippen LogP contribution is -2.50. The molecule has 2 saturated heterocycles. The van der Waals surface area contributed by atoms with E-state index in [0.717, 1.165) is 62.5 Å². The normalized spacial score (nSPS) is 19.8. The number of carbonyl (C=O) groups is 2. The molecule has 3 aliphatic rings. The number of hydrogen-bond acceptors (Lipinski definition) is 8. The van der Waals surface area contributed by atoms with Crippen LogP contribution in [0.3, 0.4) is 0 Å². The van der Waals surface area contributed by atoms with Crippen LogP contribution in [0.1, 0.15) is 47.4 Å². The monoisotopic (exact) mass is 626 g/mol. The molecule has 244 valence electrons. The average Bonchev–Trinajstić information content (AvgIpc) is 3.10. The van der Waals surface area contributed by atoms with Gasteiger partial charge in [0.05, 0.1) is 31.9 Å². The Morgan fingerprint density at radius 2 is 1.63 bits per heavy atom. The molecule has 2 fully saturated rings. The van der Waals surface area contributed by atoms with Crippen molar-refractivity contribution in [3.05, 3.63) is 83.8 Å². The largest absolute Gasteiger partial charge is 0.492 e. The van der Waals surface area contributed by atoms with Crippen molar-refractivity contribution in [1.82, 2.24) is 24.7 Å². The summed E-state index contributed by atoms with van der Waals surface area (Å²) in [7, 11) is 0. The Balaban J connectivity index is 1.24. The van der Waals surface area contributed by atoms with E-state index in [1.807, 2.05) is 65.3 Å². The summed E-state index contributed by atoms with van der Waals surface area (Å²) in [5.41, 5.74) is 1.56. The van der Waals surface area contributed by atoms with E-state index in [1.165, 1.54) is 0 Å². The Bertz CT molecular complexity index is 1460. The maximum absolute atomic E-state index is 14.2. The standard InChI is InChI=1S/C36H46N6O4/c1-29-37-16-12-33(38-29)40-17-7-13-36(14-18-41(19-15-36)34(43)27-39-22-24-45-25-23-39)28-46-32-11-6-5-10-31(32)35(44)42(21-20-40)26-30-8-3-2-4-9-30/h2-6,8-12,16H,7,13-15,17-28H2,1H3. The predicted octanol–water partition coefficient (Wildman–Crippen LogP) is 4.05. The maximum Gasteiger partial charge on any atom is 0.257 e. The van der Waals surface area contributed by atoms with Crippen LogP contribution >= 0.6 is 0 Å². The first-order valence-electron chi connectivity index (χ1n) is 16.7. The van der Waals surface area contributed by atoms with Crippen molar-refractivity contribution in [2.75, 3.05) is 77.1 Å². The molecule has 0 radical (unpaired) electrons. The second-order valence-corrected chi connectivity index (χ2v) is 12.8. The number of hydrogen-bond donors (Lipinski definition) is 0. The van der Waals surface area contributed by atoms with Crippen LogP contribution in [0.5, 0.6) is 5.75 Å². The van der Waals surface area contributed by atoms with Crippen molar-refractivity contribution < 1.29 is 19.1 Å². The summed E-state index contributed by atoms with van der Waals surface area (Å²) in [5, 5.41) is 0. The van der Waals surface area contributed by atoms with Gasteiger partial charge in [-0.3, -0.25) is 14.5 Å². The highest BCUT2D eigenvalue weighted by Gasteiger charge is 2.37. The highest BCUT2D eigenvalue weighted by Crippen LogP contribution is 2.38. The lowest BCUT2D eigenvalue weighted by atomic mass is 9.75. The summed E-state index contributed by atoms with van der Waals surface area (Å²) in [6.45, 7) is 9.78. The van der Waals surface area contributed by atoms with Gasteiger partial charge >= 0.3 is 0 Å². The van der Waals surface area contributed by atoms with Gasteiger partial charge in [0.15, 0.2) is 0 Å². The lowest BCUT2D eigenvalue weighted by Gasteiger charge is -2.42. The molecule has 0 aliphatic carbocycles. The van der Waals surface area contributed by atoms with Crippen LogP contribution in [0.4, 0.5) is 5.82 Å². The zero-order valence-electron chi connectivity index (χ0n) is 27.0. The molecule has 0 atom stereocenters. The van der Waals surface area contributed by atoms with E-state index in [-0.39, 0.29) is 17.2 Å². The minimum atomic E-state index is -0.100. The number of aromatic nitrogens is 2. The quantitative estimate of drug-likeness (QED) is 0.419.